The van der Waals surface area contributed by atoms with E-state index in [0.717, 1.165) is 19.3 Å². The van der Waals surface area contributed by atoms with Crippen molar-refractivity contribution < 1.29 is 14.6 Å². The van der Waals surface area contributed by atoms with E-state index in [0.29, 0.717) is 24.9 Å². The fraction of sp³-hybridized carbons (Fsp3) is 0.900. The zero-order valence-corrected chi connectivity index (χ0v) is 8.16. The van der Waals surface area contributed by atoms with Crippen molar-refractivity contribution in [1.82, 2.24) is 0 Å². The third kappa shape index (κ3) is 3.35. The van der Waals surface area contributed by atoms with Crippen molar-refractivity contribution >= 4 is 5.97 Å². The summed E-state index contributed by atoms with van der Waals surface area (Å²) >= 11 is 0. The van der Waals surface area contributed by atoms with Crippen LogP contribution in [0.1, 0.15) is 32.6 Å². The summed E-state index contributed by atoms with van der Waals surface area (Å²) in [6, 6.07) is 0. The number of esters is 1. The van der Waals surface area contributed by atoms with Crippen LogP contribution >= 0.6 is 0 Å². The summed E-state index contributed by atoms with van der Waals surface area (Å²) in [6.45, 7) is 2.55. The molecule has 1 rings (SSSR count). The Bertz CT molecular complexity index is 168. The highest BCUT2D eigenvalue weighted by atomic mass is 16.5. The molecule has 3 heteroatoms. The maximum Gasteiger partial charge on any atom is 0.306 e. The molecule has 0 radical (unpaired) electrons. The van der Waals surface area contributed by atoms with E-state index in [9.17, 15) is 4.79 Å². The Morgan fingerprint density at radius 3 is 2.69 bits per heavy atom. The molecule has 0 spiro atoms. The minimum Gasteiger partial charge on any atom is -0.466 e. The van der Waals surface area contributed by atoms with Crippen molar-refractivity contribution in [2.75, 3.05) is 13.2 Å². The Balaban J connectivity index is 2.19. The Hall–Kier alpha value is -0.570. The van der Waals surface area contributed by atoms with E-state index >= 15 is 0 Å². The molecule has 0 aromatic rings. The summed E-state index contributed by atoms with van der Waals surface area (Å²) in [5.74, 6) is 0.765. The zero-order chi connectivity index (χ0) is 9.68. The number of aliphatic hydroxyl groups excluding tert-OH is 1. The van der Waals surface area contributed by atoms with Crippen molar-refractivity contribution in [2.45, 2.75) is 32.6 Å². The number of rotatable bonds is 4. The van der Waals surface area contributed by atoms with Crippen LogP contribution in [0.25, 0.3) is 0 Å². The number of hydrogen-bond acceptors (Lipinski definition) is 3. The van der Waals surface area contributed by atoms with Crippen molar-refractivity contribution in [3.8, 4) is 0 Å². The van der Waals surface area contributed by atoms with E-state index in [1.807, 2.05) is 6.92 Å². The summed E-state index contributed by atoms with van der Waals surface area (Å²) in [4.78, 5) is 11.1. The smallest absolute Gasteiger partial charge is 0.306 e. The van der Waals surface area contributed by atoms with Crippen LogP contribution in [0, 0.1) is 11.8 Å². The molecule has 0 heterocycles. The van der Waals surface area contributed by atoms with Gasteiger partial charge in [0.25, 0.3) is 0 Å². The first-order chi connectivity index (χ1) is 6.26. The quantitative estimate of drug-likeness (QED) is 0.674. The first-order valence-electron chi connectivity index (χ1n) is 5.02. The monoisotopic (exact) mass is 186 g/mol. The van der Waals surface area contributed by atoms with Crippen LogP contribution in [0.5, 0.6) is 0 Å². The Morgan fingerprint density at radius 2 is 2.15 bits per heavy atom. The summed E-state index contributed by atoms with van der Waals surface area (Å²) in [6.07, 6.45) is 3.63. The second-order valence-electron chi connectivity index (χ2n) is 3.74. The second kappa shape index (κ2) is 5.22. The first kappa shape index (κ1) is 10.5. The lowest BCUT2D eigenvalue weighted by Crippen LogP contribution is -2.10. The fourth-order valence-electron chi connectivity index (χ4n) is 1.99. The Labute approximate surface area is 79.1 Å². The molecule has 0 aromatic carbocycles. The normalized spacial score (nSPS) is 27.5. The number of aliphatic hydroxyl groups is 1. The molecule has 1 aliphatic carbocycles. The van der Waals surface area contributed by atoms with Crippen molar-refractivity contribution in [1.29, 1.82) is 0 Å². The van der Waals surface area contributed by atoms with Crippen LogP contribution in [-0.4, -0.2) is 24.3 Å². The van der Waals surface area contributed by atoms with E-state index in [1.54, 1.807) is 0 Å². The molecule has 1 saturated carbocycles. The van der Waals surface area contributed by atoms with Gasteiger partial charge in [-0.3, -0.25) is 4.79 Å². The maximum atomic E-state index is 11.1. The molecule has 1 fully saturated rings. The molecule has 2 atom stereocenters. The minimum atomic E-state index is -0.0916. The van der Waals surface area contributed by atoms with Gasteiger partial charge in [-0.1, -0.05) is 0 Å². The largest absolute Gasteiger partial charge is 0.466 e. The average molecular weight is 186 g/mol. The highest BCUT2D eigenvalue weighted by molar-refractivity contribution is 5.69. The molecule has 0 aromatic heterocycles. The van der Waals surface area contributed by atoms with Gasteiger partial charge in [0.05, 0.1) is 6.61 Å². The van der Waals surface area contributed by atoms with Gasteiger partial charge < -0.3 is 9.84 Å². The van der Waals surface area contributed by atoms with Gasteiger partial charge in [-0.05, 0) is 38.0 Å². The highest BCUT2D eigenvalue weighted by Gasteiger charge is 2.26. The van der Waals surface area contributed by atoms with Gasteiger partial charge in [-0.25, -0.2) is 0 Å². The molecule has 0 bridgehead atoms. The van der Waals surface area contributed by atoms with E-state index in [1.165, 1.54) is 0 Å². The molecule has 1 aliphatic rings. The molecule has 0 unspecified atom stereocenters. The van der Waals surface area contributed by atoms with Gasteiger partial charge in [0, 0.05) is 13.0 Å². The molecule has 0 aliphatic heterocycles. The highest BCUT2D eigenvalue weighted by Crippen LogP contribution is 2.32. The van der Waals surface area contributed by atoms with Crippen LogP contribution in [0.3, 0.4) is 0 Å². The van der Waals surface area contributed by atoms with Crippen LogP contribution < -0.4 is 0 Å². The number of ether oxygens (including phenoxy) is 1. The number of carbonyl (C=O) groups is 1. The summed E-state index contributed by atoms with van der Waals surface area (Å²) in [5, 5.41) is 8.91. The molecule has 1 N–H and O–H groups in total. The van der Waals surface area contributed by atoms with Gasteiger partial charge in [0.15, 0.2) is 0 Å². The van der Waals surface area contributed by atoms with Crippen LogP contribution in [0.2, 0.25) is 0 Å². The van der Waals surface area contributed by atoms with E-state index in [4.69, 9.17) is 9.84 Å². The van der Waals surface area contributed by atoms with Gasteiger partial charge >= 0.3 is 5.97 Å². The lowest BCUT2D eigenvalue weighted by atomic mass is 10.0. The molecular weight excluding hydrogens is 168 g/mol. The van der Waals surface area contributed by atoms with Gasteiger partial charge in [-0.15, -0.1) is 0 Å². The summed E-state index contributed by atoms with van der Waals surface area (Å²) in [5.41, 5.74) is 0. The lowest BCUT2D eigenvalue weighted by Gasteiger charge is -2.08. The maximum absolute atomic E-state index is 11.1. The SMILES string of the molecule is CCOC(=O)C[C@@H]1CC[C@H](CO)C1. The third-order valence-electron chi connectivity index (χ3n) is 2.67. The predicted molar refractivity (Wildman–Crippen MR) is 49.2 cm³/mol. The van der Waals surface area contributed by atoms with Crippen molar-refractivity contribution in [2.24, 2.45) is 11.8 Å². The topological polar surface area (TPSA) is 46.5 Å². The van der Waals surface area contributed by atoms with Gasteiger partial charge in [0.2, 0.25) is 0 Å². The molecule has 3 nitrogen and oxygen atoms in total. The Kier molecular flexibility index (Phi) is 4.22. The lowest BCUT2D eigenvalue weighted by molar-refractivity contribution is -0.144. The summed E-state index contributed by atoms with van der Waals surface area (Å²) < 4.78 is 4.87. The van der Waals surface area contributed by atoms with Gasteiger partial charge in [-0.2, -0.15) is 0 Å². The standard InChI is InChI=1S/C10H18O3/c1-2-13-10(12)6-8-3-4-9(5-8)7-11/h8-9,11H,2-7H2,1H3/t8-,9+/m1/s1. The number of hydrogen-bond donors (Lipinski definition) is 1. The Morgan fingerprint density at radius 1 is 1.46 bits per heavy atom. The molecular formula is C10H18O3. The molecule has 0 saturated heterocycles. The van der Waals surface area contributed by atoms with Crippen molar-refractivity contribution in [3.63, 3.8) is 0 Å². The van der Waals surface area contributed by atoms with Gasteiger partial charge in [0.1, 0.15) is 0 Å². The minimum absolute atomic E-state index is 0.0916. The van der Waals surface area contributed by atoms with E-state index in [2.05, 4.69) is 0 Å². The predicted octanol–water partition coefficient (Wildman–Crippen LogP) is 1.35. The zero-order valence-electron chi connectivity index (χ0n) is 8.16. The first-order valence-corrected chi connectivity index (χ1v) is 5.02. The van der Waals surface area contributed by atoms with E-state index < -0.39 is 0 Å². The molecule has 13 heavy (non-hydrogen) atoms. The molecule has 76 valence electrons. The summed E-state index contributed by atoms with van der Waals surface area (Å²) in [7, 11) is 0. The second-order valence-corrected chi connectivity index (χ2v) is 3.74. The fourth-order valence-corrected chi connectivity index (χ4v) is 1.99. The average Bonchev–Trinajstić information content (AvgIpc) is 2.52. The third-order valence-corrected chi connectivity index (χ3v) is 2.67. The van der Waals surface area contributed by atoms with Crippen molar-refractivity contribution in [3.05, 3.63) is 0 Å². The number of carbonyl (C=O) groups excluding carboxylic acids is 1. The van der Waals surface area contributed by atoms with E-state index in [-0.39, 0.29) is 12.6 Å². The molecule has 0 amide bonds. The van der Waals surface area contributed by atoms with Crippen LogP contribution in [0.15, 0.2) is 0 Å². The van der Waals surface area contributed by atoms with Crippen LogP contribution in [0.4, 0.5) is 0 Å². The van der Waals surface area contributed by atoms with Crippen LogP contribution in [-0.2, 0) is 9.53 Å².